The highest BCUT2D eigenvalue weighted by Crippen LogP contribution is 2.45. The van der Waals surface area contributed by atoms with Gasteiger partial charge in [-0.3, -0.25) is 0 Å². The van der Waals surface area contributed by atoms with Gasteiger partial charge in [0, 0.05) is 11.5 Å². The van der Waals surface area contributed by atoms with Gasteiger partial charge in [-0.15, -0.1) is 0 Å². The van der Waals surface area contributed by atoms with Crippen LogP contribution in [0.25, 0.3) is 0 Å². The van der Waals surface area contributed by atoms with Crippen LogP contribution in [0.15, 0.2) is 12.1 Å². The quantitative estimate of drug-likeness (QED) is 0.709. The van der Waals surface area contributed by atoms with E-state index in [4.69, 9.17) is 23.2 Å². The molecule has 0 spiro atoms. The van der Waals surface area contributed by atoms with Gasteiger partial charge in [0.05, 0.1) is 0 Å². The van der Waals surface area contributed by atoms with Gasteiger partial charge in [0.15, 0.2) is 0 Å². The normalized spacial score (nSPS) is 18.0. The number of nitrogens with zero attached hydrogens (tertiary/aromatic N) is 1. The molecule has 0 unspecified atom stereocenters. The van der Waals surface area contributed by atoms with Crippen LogP contribution in [0.2, 0.25) is 10.3 Å². The molecule has 0 aromatic carbocycles. The molecule has 0 radical (unpaired) electrons. The molecule has 1 saturated carbocycles. The van der Waals surface area contributed by atoms with Gasteiger partial charge in [-0.05, 0) is 25.0 Å². The molecule has 2 rings (SSSR count). The average molecular weight is 266 g/mol. The van der Waals surface area contributed by atoms with Crippen LogP contribution in [-0.4, -0.2) is 4.98 Å². The zero-order valence-electron chi connectivity index (χ0n) is 8.52. The van der Waals surface area contributed by atoms with Crippen molar-refractivity contribution in [3.8, 4) is 0 Å². The van der Waals surface area contributed by atoms with E-state index < -0.39 is 11.8 Å². The Morgan fingerprint density at radius 1 is 1.12 bits per heavy atom. The first kappa shape index (κ1) is 12.1. The molecule has 1 aromatic rings. The van der Waals surface area contributed by atoms with Crippen molar-refractivity contribution >= 4 is 23.2 Å². The second kappa shape index (κ2) is 4.46. The number of aromatic nitrogens is 1. The Balaban J connectivity index is 2.33. The minimum Gasteiger partial charge on any atom is -0.224 e. The third-order valence-electron chi connectivity index (χ3n) is 3.02. The van der Waals surface area contributed by atoms with E-state index in [9.17, 15) is 8.78 Å². The highest BCUT2D eigenvalue weighted by molar-refractivity contribution is 6.32. The summed E-state index contributed by atoms with van der Waals surface area (Å²) in [6.45, 7) is 0. The van der Waals surface area contributed by atoms with Crippen LogP contribution in [0, 0.1) is 5.92 Å². The van der Waals surface area contributed by atoms with Gasteiger partial charge >= 0.3 is 0 Å². The zero-order chi connectivity index (χ0) is 11.8. The van der Waals surface area contributed by atoms with Crippen LogP contribution in [0.5, 0.6) is 0 Å². The second-order valence-corrected chi connectivity index (χ2v) is 4.88. The molecule has 1 heterocycles. The van der Waals surface area contributed by atoms with E-state index in [2.05, 4.69) is 4.98 Å². The maximum absolute atomic E-state index is 14.1. The molecule has 1 aliphatic rings. The second-order valence-electron chi connectivity index (χ2n) is 4.11. The van der Waals surface area contributed by atoms with Gasteiger partial charge in [0.1, 0.15) is 10.3 Å². The van der Waals surface area contributed by atoms with Crippen molar-refractivity contribution in [3.63, 3.8) is 0 Å². The largest absolute Gasteiger partial charge is 0.276 e. The molecule has 0 atom stereocenters. The first-order valence-electron chi connectivity index (χ1n) is 5.21. The van der Waals surface area contributed by atoms with Gasteiger partial charge in [-0.1, -0.05) is 36.0 Å². The van der Waals surface area contributed by atoms with Crippen LogP contribution in [-0.2, 0) is 5.92 Å². The molecular formula is C11H11Cl2F2N. The van der Waals surface area contributed by atoms with Crippen LogP contribution in [0.1, 0.15) is 31.2 Å². The van der Waals surface area contributed by atoms with Crippen molar-refractivity contribution in [2.24, 2.45) is 5.92 Å². The van der Waals surface area contributed by atoms with Crippen molar-refractivity contribution in [2.75, 3.05) is 0 Å². The standard InChI is InChI=1S/C11H11Cl2F2N/c12-9-5-8(6-10(13)16-9)11(14,15)7-3-1-2-4-7/h5-7H,1-4H2. The van der Waals surface area contributed by atoms with Gasteiger partial charge in [-0.25, -0.2) is 13.8 Å². The summed E-state index contributed by atoms with van der Waals surface area (Å²) >= 11 is 11.3. The summed E-state index contributed by atoms with van der Waals surface area (Å²) in [5.74, 6) is -3.45. The number of rotatable bonds is 2. The molecule has 1 fully saturated rings. The number of halogens is 4. The summed E-state index contributed by atoms with van der Waals surface area (Å²) in [6, 6.07) is 2.40. The summed E-state index contributed by atoms with van der Waals surface area (Å²) in [7, 11) is 0. The number of hydrogen-bond donors (Lipinski definition) is 0. The number of alkyl halides is 2. The first-order chi connectivity index (χ1) is 7.50. The average Bonchev–Trinajstić information content (AvgIpc) is 2.69. The Labute approximate surface area is 103 Å². The van der Waals surface area contributed by atoms with Crippen molar-refractivity contribution < 1.29 is 8.78 Å². The van der Waals surface area contributed by atoms with Crippen molar-refractivity contribution in [3.05, 3.63) is 28.0 Å². The van der Waals surface area contributed by atoms with E-state index in [1.807, 2.05) is 0 Å². The minimum absolute atomic E-state index is 0.0140. The maximum atomic E-state index is 14.1. The SMILES string of the molecule is FC(F)(c1cc(Cl)nc(Cl)c1)C1CCCC1. The first-order valence-corrected chi connectivity index (χ1v) is 5.97. The highest BCUT2D eigenvalue weighted by atomic mass is 35.5. The van der Waals surface area contributed by atoms with Crippen LogP contribution in [0.3, 0.4) is 0 Å². The van der Waals surface area contributed by atoms with Crippen LogP contribution >= 0.6 is 23.2 Å². The zero-order valence-corrected chi connectivity index (χ0v) is 10.0. The Kier molecular flexibility index (Phi) is 3.36. The summed E-state index contributed by atoms with van der Waals surface area (Å²) in [5, 5.41) is 0.0281. The Bertz CT molecular complexity index is 369. The lowest BCUT2D eigenvalue weighted by atomic mass is 9.94. The van der Waals surface area contributed by atoms with Crippen molar-refractivity contribution in [2.45, 2.75) is 31.6 Å². The summed E-state index contributed by atoms with van der Waals surface area (Å²) in [5.41, 5.74) is -0.121. The van der Waals surface area contributed by atoms with E-state index in [0.717, 1.165) is 12.8 Å². The summed E-state index contributed by atoms with van der Waals surface area (Å²) in [6.07, 6.45) is 2.86. The molecule has 88 valence electrons. The monoisotopic (exact) mass is 265 g/mol. The molecule has 1 nitrogen and oxygen atoms in total. The fourth-order valence-corrected chi connectivity index (χ4v) is 2.64. The molecule has 1 aromatic heterocycles. The van der Waals surface area contributed by atoms with Gasteiger partial charge in [-0.2, -0.15) is 0 Å². The molecule has 0 aliphatic heterocycles. The number of hydrogen-bond acceptors (Lipinski definition) is 1. The predicted octanol–water partition coefficient (Wildman–Crippen LogP) is 4.67. The molecular weight excluding hydrogens is 255 g/mol. The van der Waals surface area contributed by atoms with E-state index in [0.29, 0.717) is 12.8 Å². The van der Waals surface area contributed by atoms with E-state index in [1.54, 1.807) is 0 Å². The smallest absolute Gasteiger partial charge is 0.224 e. The van der Waals surface area contributed by atoms with Crippen LogP contribution in [0.4, 0.5) is 8.78 Å². The summed E-state index contributed by atoms with van der Waals surface area (Å²) < 4.78 is 28.2. The van der Waals surface area contributed by atoms with E-state index in [-0.39, 0.29) is 15.9 Å². The predicted molar refractivity (Wildman–Crippen MR) is 60.1 cm³/mol. The molecule has 0 amide bonds. The van der Waals surface area contributed by atoms with E-state index >= 15 is 0 Å². The maximum Gasteiger partial charge on any atom is 0.276 e. The fraction of sp³-hybridized carbons (Fsp3) is 0.545. The molecule has 0 saturated heterocycles. The van der Waals surface area contributed by atoms with E-state index in [1.165, 1.54) is 12.1 Å². The van der Waals surface area contributed by atoms with Crippen molar-refractivity contribution in [1.82, 2.24) is 4.98 Å². The Hall–Kier alpha value is -0.410. The van der Waals surface area contributed by atoms with Gasteiger partial charge < -0.3 is 0 Å². The number of pyridine rings is 1. The van der Waals surface area contributed by atoms with Crippen LogP contribution < -0.4 is 0 Å². The lowest BCUT2D eigenvalue weighted by Gasteiger charge is -2.23. The summed E-state index contributed by atoms with van der Waals surface area (Å²) in [4.78, 5) is 3.67. The third-order valence-corrected chi connectivity index (χ3v) is 3.40. The van der Waals surface area contributed by atoms with Gasteiger partial charge in [0.2, 0.25) is 0 Å². The Morgan fingerprint density at radius 3 is 2.12 bits per heavy atom. The molecule has 0 N–H and O–H groups in total. The lowest BCUT2D eigenvalue weighted by molar-refractivity contribution is -0.0626. The Morgan fingerprint density at radius 2 is 1.62 bits per heavy atom. The fourth-order valence-electron chi connectivity index (χ4n) is 2.18. The topological polar surface area (TPSA) is 12.9 Å². The minimum atomic E-state index is -2.85. The molecule has 0 bridgehead atoms. The molecule has 16 heavy (non-hydrogen) atoms. The highest BCUT2D eigenvalue weighted by Gasteiger charge is 2.42. The molecule has 5 heteroatoms. The third kappa shape index (κ3) is 2.30. The molecule has 1 aliphatic carbocycles. The van der Waals surface area contributed by atoms with Gasteiger partial charge in [0.25, 0.3) is 5.92 Å². The van der Waals surface area contributed by atoms with Crippen molar-refractivity contribution in [1.29, 1.82) is 0 Å². The lowest BCUT2D eigenvalue weighted by Crippen LogP contribution is -2.23.